The van der Waals surface area contributed by atoms with Crippen molar-refractivity contribution < 1.29 is 9.47 Å². The lowest BCUT2D eigenvalue weighted by Gasteiger charge is -2.54. The Kier molecular flexibility index (Phi) is 4.20. The Hall–Kier alpha value is -2.05. The van der Waals surface area contributed by atoms with Gasteiger partial charge in [-0.1, -0.05) is 31.2 Å². The Bertz CT molecular complexity index is 1390. The molecule has 2 spiro atoms. The minimum absolute atomic E-state index is 0.128. The Morgan fingerprint density at radius 3 is 2.95 bits per heavy atom. The summed E-state index contributed by atoms with van der Waals surface area (Å²) in [6.07, 6.45) is 17.7. The Morgan fingerprint density at radius 1 is 1.11 bits per heavy atom. The number of aromatic nitrogens is 1. The maximum atomic E-state index is 7.54. The molecule has 2 bridgehead atoms. The van der Waals surface area contributed by atoms with Crippen molar-refractivity contribution in [1.29, 1.82) is 0 Å². The summed E-state index contributed by atoms with van der Waals surface area (Å²) in [6, 6.07) is 9.96. The standard InChI is InChI=1S/C32H37N3O2/c1-30-9-6-22-15-25-28-29(36-28)26(35-13-8-23(33)18-35)16-31(25)10-11-32(22,37-31)27(30)5-4-24(30)20-3-2-19-7-12-34-17-21(19)14-20/h2-3,6-7,12,14-15,17,23-24,26-29H,4-5,8-11,13,16,18,33H2,1H3/t23-,24-,26+,27-,28-,29+,30-,31-,32?/m1/s1. The van der Waals surface area contributed by atoms with Crippen molar-refractivity contribution in [2.45, 2.75) is 93.3 Å². The SMILES string of the molecule is C[C@]12CC=C3C=C4[C@H]5O[C@H]5[C@@H](N5CC[C@@H](N)C5)C[C@]45CCC3(O5)[C@@H]1CC[C@@H]2c1ccc2ccncc2c1. The van der Waals surface area contributed by atoms with Gasteiger partial charge in [0.2, 0.25) is 0 Å². The molecule has 1 aromatic carbocycles. The molecular weight excluding hydrogens is 458 g/mol. The molecular formula is C32H37N3O2. The molecule has 5 nitrogen and oxygen atoms in total. The fourth-order valence-corrected chi connectivity index (χ4v) is 10.0. The molecule has 7 aliphatic rings. The van der Waals surface area contributed by atoms with Gasteiger partial charge in [0.15, 0.2) is 0 Å². The van der Waals surface area contributed by atoms with E-state index in [2.05, 4.69) is 53.2 Å². The van der Waals surface area contributed by atoms with E-state index in [0.717, 1.165) is 45.2 Å². The van der Waals surface area contributed by atoms with Gasteiger partial charge in [-0.05, 0) is 96.4 Å². The molecule has 2 N–H and O–H groups in total. The Labute approximate surface area is 219 Å². The molecule has 4 aliphatic heterocycles. The van der Waals surface area contributed by atoms with Gasteiger partial charge in [0.25, 0.3) is 0 Å². The molecule has 2 aromatic rings. The van der Waals surface area contributed by atoms with Crippen molar-refractivity contribution in [2.75, 3.05) is 13.1 Å². The first kappa shape index (κ1) is 21.8. The minimum atomic E-state index is -0.142. The highest BCUT2D eigenvalue weighted by Crippen LogP contribution is 2.70. The van der Waals surface area contributed by atoms with E-state index in [1.54, 1.807) is 0 Å². The van der Waals surface area contributed by atoms with Gasteiger partial charge in [-0.15, -0.1) is 0 Å². The molecule has 5 heterocycles. The topological polar surface area (TPSA) is 63.9 Å². The first-order chi connectivity index (χ1) is 18.0. The fraction of sp³-hybridized carbons (Fsp3) is 0.594. The number of allylic oxidation sites excluding steroid dienone is 1. The monoisotopic (exact) mass is 495 g/mol. The molecule has 192 valence electrons. The van der Waals surface area contributed by atoms with E-state index in [9.17, 15) is 0 Å². The molecule has 0 amide bonds. The predicted octanol–water partition coefficient (Wildman–Crippen LogP) is 4.87. The quantitative estimate of drug-likeness (QED) is 0.603. The third kappa shape index (κ3) is 2.77. The van der Waals surface area contributed by atoms with Crippen LogP contribution in [-0.4, -0.2) is 58.5 Å². The molecule has 3 aliphatic carbocycles. The zero-order valence-corrected chi connectivity index (χ0v) is 21.7. The summed E-state index contributed by atoms with van der Waals surface area (Å²) in [5, 5.41) is 2.53. The maximum Gasteiger partial charge on any atom is 0.110 e. The van der Waals surface area contributed by atoms with Gasteiger partial charge in [0.05, 0.1) is 11.2 Å². The average Bonchev–Trinajstić information content (AvgIpc) is 3.30. The molecule has 5 fully saturated rings. The number of epoxide rings is 1. The predicted molar refractivity (Wildman–Crippen MR) is 143 cm³/mol. The number of nitrogens with two attached hydrogens (primary N) is 1. The number of nitrogens with zero attached hydrogens (tertiary/aromatic N) is 2. The van der Waals surface area contributed by atoms with Crippen LogP contribution in [-0.2, 0) is 9.47 Å². The number of hydrogen-bond donors (Lipinski definition) is 1. The summed E-state index contributed by atoms with van der Waals surface area (Å²) >= 11 is 0. The number of likely N-dealkylation sites (tertiary alicyclic amines) is 1. The first-order valence-corrected chi connectivity index (χ1v) is 14.6. The number of fused-ring (bicyclic) bond motifs is 4. The van der Waals surface area contributed by atoms with E-state index < -0.39 is 0 Å². The highest BCUT2D eigenvalue weighted by atomic mass is 16.6. The van der Waals surface area contributed by atoms with Crippen molar-refractivity contribution >= 4 is 10.8 Å². The summed E-state index contributed by atoms with van der Waals surface area (Å²) in [6.45, 7) is 4.67. The van der Waals surface area contributed by atoms with Crippen LogP contribution in [0.4, 0.5) is 0 Å². The molecule has 3 saturated heterocycles. The van der Waals surface area contributed by atoms with Gasteiger partial charge in [-0.2, -0.15) is 0 Å². The molecule has 37 heavy (non-hydrogen) atoms. The Balaban J connectivity index is 1.08. The average molecular weight is 496 g/mol. The molecule has 2 saturated carbocycles. The van der Waals surface area contributed by atoms with Crippen LogP contribution in [0.15, 0.2) is 60.0 Å². The number of rotatable bonds is 2. The normalized spacial score (nSPS) is 47.6. The van der Waals surface area contributed by atoms with Gasteiger partial charge in [-0.25, -0.2) is 0 Å². The second-order valence-corrected chi connectivity index (χ2v) is 13.5. The van der Waals surface area contributed by atoms with Crippen LogP contribution in [0, 0.1) is 11.3 Å². The van der Waals surface area contributed by atoms with Crippen molar-refractivity contribution in [3.8, 4) is 0 Å². The van der Waals surface area contributed by atoms with E-state index in [1.807, 2.05) is 12.4 Å². The van der Waals surface area contributed by atoms with E-state index in [4.69, 9.17) is 15.2 Å². The molecule has 1 unspecified atom stereocenters. The van der Waals surface area contributed by atoms with Crippen molar-refractivity contribution in [3.05, 3.63) is 65.5 Å². The van der Waals surface area contributed by atoms with E-state index in [-0.39, 0.29) is 22.7 Å². The molecule has 0 radical (unpaired) electrons. The lowest BCUT2D eigenvalue weighted by molar-refractivity contribution is -0.137. The highest BCUT2D eigenvalue weighted by Gasteiger charge is 2.71. The fourth-order valence-electron chi connectivity index (χ4n) is 10.0. The second kappa shape index (κ2) is 7.12. The number of benzene rings is 1. The van der Waals surface area contributed by atoms with Crippen LogP contribution in [0.5, 0.6) is 0 Å². The largest absolute Gasteiger partial charge is 0.363 e. The zero-order chi connectivity index (χ0) is 24.6. The number of ether oxygens (including phenoxy) is 2. The summed E-state index contributed by atoms with van der Waals surface area (Å²) in [5.41, 5.74) is 10.7. The van der Waals surface area contributed by atoms with Gasteiger partial charge >= 0.3 is 0 Å². The summed E-state index contributed by atoms with van der Waals surface area (Å²) in [5.74, 6) is 1.12. The maximum absolute atomic E-state index is 7.54. The summed E-state index contributed by atoms with van der Waals surface area (Å²) in [7, 11) is 0. The van der Waals surface area contributed by atoms with E-state index >= 15 is 0 Å². The third-order valence-electron chi connectivity index (χ3n) is 11.8. The van der Waals surface area contributed by atoms with Crippen LogP contribution in [0.3, 0.4) is 0 Å². The van der Waals surface area contributed by atoms with Crippen LogP contribution in [0.1, 0.15) is 63.4 Å². The molecule has 9 rings (SSSR count). The number of pyridine rings is 1. The zero-order valence-electron chi connectivity index (χ0n) is 21.7. The van der Waals surface area contributed by atoms with Crippen molar-refractivity contribution in [3.63, 3.8) is 0 Å². The molecule has 1 aromatic heterocycles. The molecule has 5 heteroatoms. The minimum Gasteiger partial charge on any atom is -0.363 e. The van der Waals surface area contributed by atoms with Gasteiger partial charge < -0.3 is 15.2 Å². The van der Waals surface area contributed by atoms with Crippen LogP contribution < -0.4 is 5.73 Å². The third-order valence-corrected chi connectivity index (χ3v) is 11.8. The summed E-state index contributed by atoms with van der Waals surface area (Å²) < 4.78 is 13.9. The molecule has 9 atom stereocenters. The van der Waals surface area contributed by atoms with Crippen molar-refractivity contribution in [2.24, 2.45) is 17.1 Å². The number of hydrogen-bond acceptors (Lipinski definition) is 5. The van der Waals surface area contributed by atoms with Crippen LogP contribution >= 0.6 is 0 Å². The lowest BCUT2D eigenvalue weighted by Crippen LogP contribution is -2.57. The highest BCUT2D eigenvalue weighted by molar-refractivity contribution is 5.82. The first-order valence-electron chi connectivity index (χ1n) is 14.6. The Morgan fingerprint density at radius 2 is 2.05 bits per heavy atom. The van der Waals surface area contributed by atoms with Gasteiger partial charge in [0, 0.05) is 43.0 Å². The van der Waals surface area contributed by atoms with Crippen LogP contribution in [0.2, 0.25) is 0 Å². The van der Waals surface area contributed by atoms with Gasteiger partial charge in [0.1, 0.15) is 12.2 Å². The van der Waals surface area contributed by atoms with Crippen LogP contribution in [0.25, 0.3) is 10.8 Å². The van der Waals surface area contributed by atoms with Gasteiger partial charge in [-0.3, -0.25) is 9.88 Å². The van der Waals surface area contributed by atoms with Crippen molar-refractivity contribution in [1.82, 2.24) is 9.88 Å². The summed E-state index contributed by atoms with van der Waals surface area (Å²) in [4.78, 5) is 7.01. The van der Waals surface area contributed by atoms with E-state index in [0.29, 0.717) is 30.0 Å². The second-order valence-electron chi connectivity index (χ2n) is 13.5. The van der Waals surface area contributed by atoms with E-state index in [1.165, 1.54) is 40.3 Å². The lowest BCUT2D eigenvalue weighted by atomic mass is 9.58. The smallest absolute Gasteiger partial charge is 0.110 e.